The number of fused-ring (bicyclic) bond motifs is 1. The van der Waals surface area contributed by atoms with Crippen molar-refractivity contribution < 1.29 is 9.53 Å². The summed E-state index contributed by atoms with van der Waals surface area (Å²) in [6, 6.07) is 7.94. The predicted molar refractivity (Wildman–Crippen MR) is 80.9 cm³/mol. The Bertz CT molecular complexity index is 590. The molecule has 0 radical (unpaired) electrons. The Morgan fingerprint density at radius 1 is 1.48 bits per heavy atom. The van der Waals surface area contributed by atoms with Crippen LogP contribution in [0.15, 0.2) is 24.3 Å². The molecule has 1 aromatic carbocycles. The van der Waals surface area contributed by atoms with Gasteiger partial charge in [-0.3, -0.25) is 4.79 Å². The van der Waals surface area contributed by atoms with Gasteiger partial charge in [0.05, 0.1) is 23.1 Å². The lowest BCUT2D eigenvalue weighted by atomic mass is 9.94. The topological polar surface area (TPSA) is 67.0 Å². The first kappa shape index (κ1) is 14.1. The first-order valence-corrected chi connectivity index (χ1v) is 7.57. The molecule has 5 nitrogen and oxygen atoms in total. The van der Waals surface area contributed by atoms with Crippen LogP contribution in [0.4, 0.5) is 0 Å². The van der Waals surface area contributed by atoms with Gasteiger partial charge < -0.3 is 15.0 Å². The lowest BCUT2D eigenvalue weighted by molar-refractivity contribution is -0.133. The zero-order chi connectivity index (χ0) is 14.7. The molecule has 2 aromatic rings. The third-order valence-electron chi connectivity index (χ3n) is 4.04. The number of hydrogen-bond acceptors (Lipinski definition) is 3. The number of nitrogens with zero attached hydrogens (tertiary/aromatic N) is 1. The third kappa shape index (κ3) is 3.24. The first-order valence-electron chi connectivity index (χ1n) is 7.57. The molecule has 0 aliphatic carbocycles. The summed E-state index contributed by atoms with van der Waals surface area (Å²) in [7, 11) is 0. The Morgan fingerprint density at radius 3 is 3.14 bits per heavy atom. The quantitative estimate of drug-likeness (QED) is 0.904. The molecule has 1 saturated heterocycles. The van der Waals surface area contributed by atoms with E-state index in [1.54, 1.807) is 0 Å². The second-order valence-electron chi connectivity index (χ2n) is 5.57. The second kappa shape index (κ2) is 6.26. The van der Waals surface area contributed by atoms with E-state index in [0.717, 1.165) is 36.3 Å². The lowest BCUT2D eigenvalue weighted by Crippen LogP contribution is -2.40. The summed E-state index contributed by atoms with van der Waals surface area (Å²) in [5.74, 6) is 0.983. The minimum absolute atomic E-state index is 0.0185. The van der Waals surface area contributed by atoms with E-state index in [1.165, 1.54) is 0 Å². The van der Waals surface area contributed by atoms with Crippen LogP contribution < -0.4 is 5.32 Å². The van der Waals surface area contributed by atoms with E-state index < -0.39 is 0 Å². The van der Waals surface area contributed by atoms with Crippen LogP contribution in [0.25, 0.3) is 11.0 Å². The van der Waals surface area contributed by atoms with Gasteiger partial charge in [0.2, 0.25) is 5.91 Å². The molecule has 2 heterocycles. The zero-order valence-electron chi connectivity index (χ0n) is 12.3. The highest BCUT2D eigenvalue weighted by Gasteiger charge is 2.28. The van der Waals surface area contributed by atoms with Crippen LogP contribution in [-0.4, -0.2) is 35.1 Å². The number of carbonyl (C=O) groups excluding carboxylic acids is 1. The fraction of sp³-hybridized carbons (Fsp3) is 0.500. The largest absolute Gasteiger partial charge is 0.378 e. The van der Waals surface area contributed by atoms with Gasteiger partial charge >= 0.3 is 0 Å². The maximum Gasteiger partial charge on any atom is 0.225 e. The van der Waals surface area contributed by atoms with Crippen LogP contribution in [0, 0.1) is 5.92 Å². The van der Waals surface area contributed by atoms with Crippen LogP contribution in [0.5, 0.6) is 0 Å². The van der Waals surface area contributed by atoms with Crippen LogP contribution in [0.1, 0.15) is 25.6 Å². The molecular formula is C16H21N3O2. The molecule has 112 valence electrons. The van der Waals surface area contributed by atoms with Crippen molar-refractivity contribution in [1.82, 2.24) is 15.3 Å². The first-order chi connectivity index (χ1) is 10.2. The van der Waals surface area contributed by atoms with Gasteiger partial charge in [-0.05, 0) is 31.9 Å². The number of rotatable bonds is 4. The average molecular weight is 287 g/mol. The predicted octanol–water partition coefficient (Wildman–Crippen LogP) is 2.04. The Labute approximate surface area is 124 Å². The number of H-pyrrole nitrogens is 1. The Morgan fingerprint density at radius 2 is 2.33 bits per heavy atom. The molecule has 5 heteroatoms. The molecule has 1 aliphatic rings. The number of aromatic nitrogens is 2. The zero-order valence-corrected chi connectivity index (χ0v) is 12.3. The molecule has 2 N–H and O–H groups in total. The Balaban J connectivity index is 1.52. The average Bonchev–Trinajstić information content (AvgIpc) is 2.90. The molecule has 1 aromatic heterocycles. The summed E-state index contributed by atoms with van der Waals surface area (Å²) in [6.07, 6.45) is 2.61. The monoisotopic (exact) mass is 287 g/mol. The molecule has 0 bridgehead atoms. The molecule has 3 rings (SSSR count). The van der Waals surface area contributed by atoms with E-state index in [4.69, 9.17) is 4.74 Å². The maximum absolute atomic E-state index is 12.1. The summed E-state index contributed by atoms with van der Waals surface area (Å²) in [4.78, 5) is 19.9. The van der Waals surface area contributed by atoms with Crippen molar-refractivity contribution in [3.63, 3.8) is 0 Å². The highest BCUT2D eigenvalue weighted by atomic mass is 16.5. The van der Waals surface area contributed by atoms with Gasteiger partial charge in [0.15, 0.2) is 0 Å². The van der Waals surface area contributed by atoms with Crippen LogP contribution >= 0.6 is 0 Å². The molecule has 2 atom stereocenters. The number of ether oxygens (including phenoxy) is 1. The third-order valence-corrected chi connectivity index (χ3v) is 4.04. The van der Waals surface area contributed by atoms with Crippen molar-refractivity contribution in [2.24, 2.45) is 5.92 Å². The number of hydrogen-bond donors (Lipinski definition) is 2. The Kier molecular flexibility index (Phi) is 4.20. The van der Waals surface area contributed by atoms with E-state index in [2.05, 4.69) is 15.3 Å². The van der Waals surface area contributed by atoms with Crippen molar-refractivity contribution in [2.45, 2.75) is 32.3 Å². The van der Waals surface area contributed by atoms with E-state index in [0.29, 0.717) is 13.0 Å². The van der Waals surface area contributed by atoms with Crippen molar-refractivity contribution in [3.8, 4) is 0 Å². The molecule has 1 aliphatic heterocycles. The second-order valence-corrected chi connectivity index (χ2v) is 5.57. The van der Waals surface area contributed by atoms with E-state index in [9.17, 15) is 4.79 Å². The van der Waals surface area contributed by atoms with Gasteiger partial charge in [0.1, 0.15) is 5.82 Å². The van der Waals surface area contributed by atoms with Crippen molar-refractivity contribution in [2.75, 3.05) is 13.2 Å². The molecule has 1 amide bonds. The summed E-state index contributed by atoms with van der Waals surface area (Å²) in [5, 5.41) is 3.00. The van der Waals surface area contributed by atoms with Crippen LogP contribution in [0.3, 0.4) is 0 Å². The molecule has 1 fully saturated rings. The molecular weight excluding hydrogens is 266 g/mol. The standard InChI is InChI=1S/C16H21N3O2/c1-11-12(5-4-10-21-11)16(20)17-9-8-15-18-13-6-2-3-7-14(13)19-15/h2-3,6-7,11-12H,4-5,8-10H2,1H3,(H,17,20)(H,18,19)/t11-,12-/m0/s1. The molecule has 21 heavy (non-hydrogen) atoms. The van der Waals surface area contributed by atoms with Gasteiger partial charge in [-0.1, -0.05) is 12.1 Å². The number of para-hydroxylation sites is 2. The molecule has 0 saturated carbocycles. The molecule has 0 spiro atoms. The summed E-state index contributed by atoms with van der Waals surface area (Å²) in [5.41, 5.74) is 2.00. The van der Waals surface area contributed by atoms with E-state index in [-0.39, 0.29) is 17.9 Å². The minimum atomic E-state index is -0.0191. The fourth-order valence-corrected chi connectivity index (χ4v) is 2.83. The van der Waals surface area contributed by atoms with Gasteiger partial charge in [0, 0.05) is 19.6 Å². The van der Waals surface area contributed by atoms with Crippen molar-refractivity contribution in [3.05, 3.63) is 30.1 Å². The maximum atomic E-state index is 12.1. The van der Waals surface area contributed by atoms with Crippen molar-refractivity contribution in [1.29, 1.82) is 0 Å². The number of benzene rings is 1. The SMILES string of the molecule is C[C@@H]1OCCC[C@@H]1C(=O)NCCc1nc2ccccc2[nH]1. The molecule has 0 unspecified atom stereocenters. The number of amides is 1. The van der Waals surface area contributed by atoms with Gasteiger partial charge in [-0.2, -0.15) is 0 Å². The van der Waals surface area contributed by atoms with Gasteiger partial charge in [-0.15, -0.1) is 0 Å². The summed E-state index contributed by atoms with van der Waals surface area (Å²) >= 11 is 0. The minimum Gasteiger partial charge on any atom is -0.378 e. The van der Waals surface area contributed by atoms with Crippen LogP contribution in [0.2, 0.25) is 0 Å². The fourth-order valence-electron chi connectivity index (χ4n) is 2.83. The van der Waals surface area contributed by atoms with Gasteiger partial charge in [-0.25, -0.2) is 4.98 Å². The number of carbonyl (C=O) groups is 1. The highest BCUT2D eigenvalue weighted by Crippen LogP contribution is 2.20. The number of nitrogens with one attached hydrogen (secondary N) is 2. The highest BCUT2D eigenvalue weighted by molar-refractivity contribution is 5.79. The lowest BCUT2D eigenvalue weighted by Gasteiger charge is -2.27. The van der Waals surface area contributed by atoms with Gasteiger partial charge in [0.25, 0.3) is 0 Å². The van der Waals surface area contributed by atoms with Crippen molar-refractivity contribution >= 4 is 16.9 Å². The normalized spacial score (nSPS) is 22.3. The van der Waals surface area contributed by atoms with Crippen LogP contribution in [-0.2, 0) is 16.0 Å². The number of imidazole rings is 1. The summed E-state index contributed by atoms with van der Waals surface area (Å²) in [6.45, 7) is 3.34. The number of aromatic amines is 1. The van der Waals surface area contributed by atoms with E-state index in [1.807, 2.05) is 31.2 Å². The smallest absolute Gasteiger partial charge is 0.225 e. The Hall–Kier alpha value is -1.88. The van der Waals surface area contributed by atoms with E-state index >= 15 is 0 Å². The summed E-state index contributed by atoms with van der Waals surface area (Å²) < 4.78 is 5.54.